The molecule has 0 bridgehead atoms. The number of nitrogens with one attached hydrogen (secondary N) is 4. The van der Waals surface area contributed by atoms with Crippen LogP contribution >= 0.6 is 15.9 Å². The molecule has 378 valence electrons. The Morgan fingerprint density at radius 3 is 1.53 bits per heavy atom. The number of rotatable bonds is 19. The molecule has 2 aliphatic heterocycles. The van der Waals surface area contributed by atoms with Crippen LogP contribution in [0, 0.1) is 21.7 Å². The molecule has 2 saturated heterocycles. The second-order valence-corrected chi connectivity index (χ2v) is 29.7. The molecule has 4 N–H and O–H groups in total. The number of methoxy groups -OCH3 is 2. The average molecular weight is 1130 g/mol. The predicted octanol–water partition coefficient (Wildman–Crippen LogP) is 10.0. The quantitative estimate of drug-likeness (QED) is 0.0515. The van der Waals surface area contributed by atoms with Gasteiger partial charge in [0.05, 0.1) is 68.3 Å². The van der Waals surface area contributed by atoms with Gasteiger partial charge in [0.1, 0.15) is 23.1 Å². The standard InChI is InChI=1S/C20H23N5O3.C17H20BrN5O3.3C4H9.C3H3.Sn/c1-4-5-15-13-22-20(24-18(15)21-2)23-16-7-6-14(12-17(16)27-3)19(26)25-8-10-28-11-9-25;1-19-15-12(18)10-20-17(22-15)21-13-4-3-11(9-14(13)25-2)16(24)23-5-7-26-8-6-23;3*1-3-4-2;1-3-2;/h6-7,12-13H,8-11H2,1-3H3,(H2,21,22,23,24);3-4,9-10H,5-8H2,1-2H3,(H2,19,20,21,22);3*1,3-4H2,2H3;1H3;. The van der Waals surface area contributed by atoms with Crippen molar-refractivity contribution in [3.63, 3.8) is 0 Å². The summed E-state index contributed by atoms with van der Waals surface area (Å²) in [5, 5.41) is 12.2. The first kappa shape index (κ1) is 57.2. The fourth-order valence-electron chi connectivity index (χ4n) is 7.83. The Balaban J connectivity index is 0.000000238. The molecule has 4 heterocycles. The largest absolute Gasteiger partial charge is 0.495 e. The first-order chi connectivity index (χ1) is 34.0. The SMILES string of the molecule is CC#Cc1cnc(Nc2ccc(C(=O)N3CCOCC3)cc2OC)nc1NC.CC#[C][Sn]([CH2]CCC)([CH2]CCC)[CH2]CCC.CNc1nc(Nc2ccc(C(=O)N3CCOCC3)cc2OC)ncc1Br. The molecule has 18 heteroatoms. The number of halogens is 1. The van der Waals surface area contributed by atoms with E-state index in [0.717, 1.165) is 4.47 Å². The number of benzene rings is 2. The number of anilines is 6. The van der Waals surface area contributed by atoms with E-state index in [-0.39, 0.29) is 11.8 Å². The van der Waals surface area contributed by atoms with E-state index in [0.29, 0.717) is 116 Å². The van der Waals surface area contributed by atoms with Crippen LogP contribution in [0.2, 0.25) is 13.3 Å². The molecule has 0 spiro atoms. The molecule has 2 aromatic carbocycles. The van der Waals surface area contributed by atoms with Crippen LogP contribution in [0.15, 0.2) is 53.3 Å². The van der Waals surface area contributed by atoms with Crippen molar-refractivity contribution < 1.29 is 28.5 Å². The van der Waals surface area contributed by atoms with Crippen molar-refractivity contribution in [2.24, 2.45) is 0 Å². The van der Waals surface area contributed by atoms with E-state index >= 15 is 0 Å². The molecule has 2 fully saturated rings. The number of unbranched alkanes of at least 4 members (excludes halogenated alkanes) is 3. The number of morpholine rings is 2. The minimum atomic E-state index is -2.02. The molecule has 0 saturated carbocycles. The number of hydrogen-bond donors (Lipinski definition) is 4. The number of amides is 2. The maximum atomic E-state index is 12.7. The van der Waals surface area contributed by atoms with E-state index in [1.807, 2.05) is 0 Å². The van der Waals surface area contributed by atoms with Crippen LogP contribution in [-0.2, 0) is 9.47 Å². The number of nitrogens with zero attached hydrogens (tertiary/aromatic N) is 6. The van der Waals surface area contributed by atoms with Gasteiger partial charge < -0.3 is 50.0 Å². The third kappa shape index (κ3) is 17.5. The molecule has 2 aromatic heterocycles. The summed E-state index contributed by atoms with van der Waals surface area (Å²) in [7, 11) is 6.68. The van der Waals surface area contributed by atoms with Gasteiger partial charge in [-0.05, 0) is 59.3 Å². The zero-order valence-corrected chi connectivity index (χ0v) is 47.1. The van der Waals surface area contributed by atoms with Gasteiger partial charge >= 0.3 is 108 Å². The van der Waals surface area contributed by atoms with E-state index in [1.165, 1.54) is 51.8 Å². The molecular weight excluding hydrogens is 1060 g/mol. The van der Waals surface area contributed by atoms with E-state index < -0.39 is 18.4 Å². The maximum Gasteiger partial charge on any atom is 0.254 e. The zero-order chi connectivity index (χ0) is 50.7. The summed E-state index contributed by atoms with van der Waals surface area (Å²) < 4.78 is 30.6. The Bertz CT molecular complexity index is 2390. The summed E-state index contributed by atoms with van der Waals surface area (Å²) in [6.07, 6.45) is 11.6. The van der Waals surface area contributed by atoms with Gasteiger partial charge in [-0.3, -0.25) is 9.59 Å². The van der Waals surface area contributed by atoms with Crippen molar-refractivity contribution in [1.82, 2.24) is 29.7 Å². The second-order valence-electron chi connectivity index (χ2n) is 16.6. The third-order valence-corrected chi connectivity index (χ3v) is 25.7. The van der Waals surface area contributed by atoms with Gasteiger partial charge in [-0.2, -0.15) is 9.97 Å². The summed E-state index contributed by atoms with van der Waals surface area (Å²) in [6.45, 7) is 15.4. The molecule has 70 heavy (non-hydrogen) atoms. The minimum Gasteiger partial charge on any atom is -0.495 e. The molecule has 6 rings (SSSR count). The maximum absolute atomic E-state index is 12.7. The summed E-state index contributed by atoms with van der Waals surface area (Å²) in [5.41, 5.74) is 3.19. The molecule has 0 radical (unpaired) electrons. The van der Waals surface area contributed by atoms with Crippen molar-refractivity contribution in [3.05, 3.63) is 70.0 Å². The van der Waals surface area contributed by atoms with Crippen molar-refractivity contribution >= 4 is 81.0 Å². The number of aromatic nitrogens is 4. The average Bonchev–Trinajstić information content (AvgIpc) is 3.40. The number of carbonyl (C=O) groups excluding carboxylic acids is 2. The third-order valence-electron chi connectivity index (χ3n) is 11.7. The van der Waals surface area contributed by atoms with Crippen LogP contribution in [0.1, 0.15) is 99.4 Å². The Hall–Kier alpha value is -5.34. The molecule has 0 aliphatic carbocycles. The normalized spacial score (nSPS) is 13.1. The van der Waals surface area contributed by atoms with Crippen LogP contribution < -0.4 is 30.7 Å². The first-order valence-corrected chi connectivity index (χ1v) is 32.6. The van der Waals surface area contributed by atoms with Gasteiger partial charge in [0.15, 0.2) is 0 Å². The van der Waals surface area contributed by atoms with E-state index in [9.17, 15) is 9.59 Å². The van der Waals surface area contributed by atoms with Gasteiger partial charge in [-0.1, -0.05) is 5.92 Å². The van der Waals surface area contributed by atoms with E-state index in [1.54, 1.807) is 93.8 Å². The van der Waals surface area contributed by atoms with E-state index in [2.05, 4.69) is 107 Å². The van der Waals surface area contributed by atoms with Crippen molar-refractivity contribution in [1.29, 1.82) is 0 Å². The summed E-state index contributed by atoms with van der Waals surface area (Å²) in [4.78, 5) is 46.2. The fraction of sp³-hybridized carbons (Fsp3) is 0.500. The second kappa shape index (κ2) is 31.1. The van der Waals surface area contributed by atoms with Crippen molar-refractivity contribution in [2.75, 3.05) is 102 Å². The van der Waals surface area contributed by atoms with Crippen LogP contribution in [0.25, 0.3) is 0 Å². The number of carbonyl (C=O) groups is 2. The minimum absolute atomic E-state index is 0.0319. The molecule has 4 aromatic rings. The molecule has 16 nitrogen and oxygen atoms in total. The number of ether oxygens (including phenoxy) is 4. The Morgan fingerprint density at radius 1 is 0.686 bits per heavy atom. The molecular formula is C52H73BrN10O6Sn. The smallest absolute Gasteiger partial charge is 0.254 e. The predicted molar refractivity (Wildman–Crippen MR) is 288 cm³/mol. The van der Waals surface area contributed by atoms with Gasteiger partial charge in [-0.25, -0.2) is 9.97 Å². The Kier molecular flexibility index (Phi) is 25.4. The Labute approximate surface area is 428 Å². The van der Waals surface area contributed by atoms with Gasteiger partial charge in [0, 0.05) is 57.6 Å². The van der Waals surface area contributed by atoms with Crippen LogP contribution in [0.4, 0.5) is 34.9 Å². The van der Waals surface area contributed by atoms with Gasteiger partial charge in [0.25, 0.3) is 11.8 Å². The molecule has 0 unspecified atom stereocenters. The molecule has 2 amide bonds. The monoisotopic (exact) mass is 1130 g/mol. The summed E-state index contributed by atoms with van der Waals surface area (Å²) in [6, 6.07) is 10.5. The Morgan fingerprint density at radius 2 is 1.13 bits per heavy atom. The zero-order valence-electron chi connectivity index (χ0n) is 42.7. The van der Waals surface area contributed by atoms with Crippen LogP contribution in [0.5, 0.6) is 11.5 Å². The topological polar surface area (TPSA) is 177 Å². The summed E-state index contributed by atoms with van der Waals surface area (Å²) >= 11 is 1.36. The van der Waals surface area contributed by atoms with Gasteiger partial charge in [-0.15, -0.1) is 5.92 Å². The molecule has 0 atom stereocenters. The molecule has 2 aliphatic rings. The van der Waals surface area contributed by atoms with Crippen LogP contribution in [0.3, 0.4) is 0 Å². The summed E-state index contributed by atoms with van der Waals surface area (Å²) in [5.74, 6) is 12.2. The van der Waals surface area contributed by atoms with Crippen molar-refractivity contribution in [2.45, 2.75) is 86.5 Å². The fourth-order valence-corrected chi connectivity index (χ4v) is 21.8. The van der Waals surface area contributed by atoms with Crippen molar-refractivity contribution in [3.8, 4) is 33.2 Å². The van der Waals surface area contributed by atoms with E-state index in [4.69, 9.17) is 18.9 Å². The first-order valence-electron chi connectivity index (χ1n) is 24.3. The van der Waals surface area contributed by atoms with Gasteiger partial charge in [0.2, 0.25) is 11.9 Å². The van der Waals surface area contributed by atoms with Crippen LogP contribution in [-0.4, -0.2) is 141 Å². The number of hydrogen-bond acceptors (Lipinski definition) is 14.